The van der Waals surface area contributed by atoms with E-state index >= 15 is 0 Å². The van der Waals surface area contributed by atoms with Gasteiger partial charge in [0.05, 0.1) is 6.54 Å². The van der Waals surface area contributed by atoms with Gasteiger partial charge in [-0.15, -0.1) is 0 Å². The number of H-pyrrole nitrogens is 1. The normalized spacial score (nSPS) is 10.9. The van der Waals surface area contributed by atoms with E-state index in [2.05, 4.69) is 4.98 Å². The summed E-state index contributed by atoms with van der Waals surface area (Å²) in [6.07, 6.45) is 1.19. The number of amides is 1. The molecular formula is C24H26F2N4O3. The van der Waals surface area contributed by atoms with Gasteiger partial charge in [-0.1, -0.05) is 43.7 Å². The van der Waals surface area contributed by atoms with Crippen LogP contribution in [0.15, 0.2) is 58.1 Å². The number of hydrogen-bond acceptors (Lipinski definition) is 4. The van der Waals surface area contributed by atoms with Crippen LogP contribution in [0, 0.1) is 11.6 Å². The van der Waals surface area contributed by atoms with Crippen LogP contribution in [0.3, 0.4) is 0 Å². The third-order valence-corrected chi connectivity index (χ3v) is 5.32. The topological polar surface area (TPSA) is 101 Å². The fraction of sp³-hybridized carbons (Fsp3) is 0.292. The number of carbonyl (C=O) groups is 1. The molecule has 0 fully saturated rings. The van der Waals surface area contributed by atoms with Crippen molar-refractivity contribution in [2.24, 2.45) is 0 Å². The number of unbranched alkanes of at least 4 members (excludes halogenated alkanes) is 1. The minimum Gasteiger partial charge on any atom is -0.383 e. The monoisotopic (exact) mass is 456 g/mol. The Balaban J connectivity index is 1.99. The summed E-state index contributed by atoms with van der Waals surface area (Å²) in [6.45, 7) is 2.25. The van der Waals surface area contributed by atoms with E-state index in [0.29, 0.717) is 6.42 Å². The first-order valence-electron chi connectivity index (χ1n) is 10.7. The molecule has 2 aromatic carbocycles. The Morgan fingerprint density at radius 3 is 2.55 bits per heavy atom. The largest absolute Gasteiger partial charge is 0.383 e. The molecule has 1 amide bonds. The van der Waals surface area contributed by atoms with E-state index in [1.54, 1.807) is 24.3 Å². The molecule has 0 saturated carbocycles. The summed E-state index contributed by atoms with van der Waals surface area (Å²) in [5, 5.41) is 0. The number of rotatable bonds is 9. The zero-order chi connectivity index (χ0) is 24.0. The second-order valence-corrected chi connectivity index (χ2v) is 7.70. The number of halogens is 2. The minimum atomic E-state index is -0.786. The molecule has 3 aromatic rings. The highest BCUT2D eigenvalue weighted by Gasteiger charge is 2.24. The van der Waals surface area contributed by atoms with Crippen molar-refractivity contribution >= 4 is 17.4 Å². The fourth-order valence-electron chi connectivity index (χ4n) is 3.55. The fourth-order valence-corrected chi connectivity index (χ4v) is 3.55. The maximum absolute atomic E-state index is 14.0. The Bertz CT molecular complexity index is 1240. The molecule has 0 bridgehead atoms. The molecule has 0 aliphatic carbocycles. The summed E-state index contributed by atoms with van der Waals surface area (Å²) in [6, 6.07) is 12.0. The quantitative estimate of drug-likeness (QED) is 0.516. The highest BCUT2D eigenvalue weighted by molar-refractivity contribution is 5.95. The molecule has 0 atom stereocenters. The van der Waals surface area contributed by atoms with E-state index in [1.165, 1.54) is 9.47 Å². The van der Waals surface area contributed by atoms with E-state index in [0.717, 1.165) is 30.2 Å². The molecule has 1 heterocycles. The zero-order valence-corrected chi connectivity index (χ0v) is 18.3. The zero-order valence-electron chi connectivity index (χ0n) is 18.3. The molecule has 0 saturated heterocycles. The molecule has 3 rings (SSSR count). The average Bonchev–Trinajstić information content (AvgIpc) is 2.79. The summed E-state index contributed by atoms with van der Waals surface area (Å²) in [4.78, 5) is 41.7. The minimum absolute atomic E-state index is 0.0184. The Hall–Kier alpha value is -3.75. The molecule has 33 heavy (non-hydrogen) atoms. The van der Waals surface area contributed by atoms with Gasteiger partial charge in [0, 0.05) is 13.0 Å². The Morgan fingerprint density at radius 1 is 1.12 bits per heavy atom. The Kier molecular flexibility index (Phi) is 7.76. The van der Waals surface area contributed by atoms with Gasteiger partial charge in [-0.05, 0) is 42.2 Å². The lowest BCUT2D eigenvalue weighted by Crippen LogP contribution is -2.41. The number of anilines is 2. The van der Waals surface area contributed by atoms with Crippen LogP contribution in [0.1, 0.15) is 37.3 Å². The first-order chi connectivity index (χ1) is 15.8. The van der Waals surface area contributed by atoms with Gasteiger partial charge in [0.2, 0.25) is 5.91 Å². The number of carbonyl (C=O) groups excluding carboxylic acids is 1. The molecule has 9 heteroatoms. The van der Waals surface area contributed by atoms with Crippen LogP contribution in [0.5, 0.6) is 0 Å². The second kappa shape index (κ2) is 10.7. The molecule has 0 spiro atoms. The van der Waals surface area contributed by atoms with E-state index in [4.69, 9.17) is 5.73 Å². The Morgan fingerprint density at radius 2 is 1.85 bits per heavy atom. The average molecular weight is 456 g/mol. The van der Waals surface area contributed by atoms with Crippen LogP contribution in [0.25, 0.3) is 0 Å². The van der Waals surface area contributed by atoms with Crippen LogP contribution in [0.4, 0.5) is 20.3 Å². The van der Waals surface area contributed by atoms with Gasteiger partial charge in [0.25, 0.3) is 5.56 Å². The summed E-state index contributed by atoms with van der Waals surface area (Å²) in [5.74, 6) is -1.85. The van der Waals surface area contributed by atoms with Gasteiger partial charge in [0.1, 0.15) is 17.5 Å². The number of nitrogen functional groups attached to an aromatic ring is 1. The van der Waals surface area contributed by atoms with E-state index in [9.17, 15) is 23.2 Å². The first-order valence-corrected chi connectivity index (χ1v) is 10.7. The highest BCUT2D eigenvalue weighted by atomic mass is 19.1. The standard InChI is InChI=1S/C24H26F2N4O3/c1-2-3-13-29-22(27)21(23(32)28-24(29)33)30(15-16-7-5-4-6-8-16)20(31)12-9-17-14-18(25)10-11-19(17)26/h4-8,10-11,14H,2-3,9,12-13,15,27H2,1H3,(H,28,32,33). The summed E-state index contributed by atoms with van der Waals surface area (Å²) >= 11 is 0. The van der Waals surface area contributed by atoms with Crippen molar-refractivity contribution < 1.29 is 13.6 Å². The lowest BCUT2D eigenvalue weighted by Gasteiger charge is -2.25. The molecule has 3 N–H and O–H groups in total. The summed E-state index contributed by atoms with van der Waals surface area (Å²) in [7, 11) is 0. The van der Waals surface area contributed by atoms with E-state index in [1.807, 2.05) is 13.0 Å². The molecule has 0 radical (unpaired) electrons. The van der Waals surface area contributed by atoms with Gasteiger partial charge >= 0.3 is 5.69 Å². The summed E-state index contributed by atoms with van der Waals surface area (Å²) < 4.78 is 28.8. The third-order valence-electron chi connectivity index (χ3n) is 5.32. The van der Waals surface area contributed by atoms with E-state index in [-0.39, 0.29) is 43.0 Å². The smallest absolute Gasteiger partial charge is 0.330 e. The molecule has 1 aromatic heterocycles. The van der Waals surface area contributed by atoms with Gasteiger partial charge < -0.3 is 10.6 Å². The number of nitrogens with one attached hydrogen (secondary N) is 1. The van der Waals surface area contributed by atoms with Gasteiger partial charge in [0.15, 0.2) is 5.69 Å². The van der Waals surface area contributed by atoms with Crippen LogP contribution in [0.2, 0.25) is 0 Å². The molecule has 7 nitrogen and oxygen atoms in total. The van der Waals surface area contributed by atoms with Crippen LogP contribution in [-0.2, 0) is 24.3 Å². The molecule has 0 aliphatic rings. The van der Waals surface area contributed by atoms with Crippen molar-refractivity contribution in [3.05, 3.63) is 92.1 Å². The first kappa shape index (κ1) is 23.9. The number of aromatic nitrogens is 2. The van der Waals surface area contributed by atoms with E-state index < -0.39 is 28.8 Å². The SMILES string of the molecule is CCCCn1c(N)c(N(Cc2ccccc2)C(=O)CCc2cc(F)ccc2F)c(=O)[nH]c1=O. The van der Waals surface area contributed by atoms with Crippen molar-refractivity contribution in [2.45, 2.75) is 45.7 Å². The van der Waals surface area contributed by atoms with Crippen LogP contribution >= 0.6 is 0 Å². The van der Waals surface area contributed by atoms with Crippen molar-refractivity contribution in [3.63, 3.8) is 0 Å². The van der Waals surface area contributed by atoms with Gasteiger partial charge in [-0.25, -0.2) is 13.6 Å². The second-order valence-electron chi connectivity index (χ2n) is 7.70. The van der Waals surface area contributed by atoms with Crippen molar-refractivity contribution in [2.75, 3.05) is 10.6 Å². The van der Waals surface area contributed by atoms with Crippen molar-refractivity contribution in [1.82, 2.24) is 9.55 Å². The number of nitrogens with zero attached hydrogens (tertiary/aromatic N) is 2. The lowest BCUT2D eigenvalue weighted by molar-refractivity contribution is -0.118. The lowest BCUT2D eigenvalue weighted by atomic mass is 10.1. The number of aryl methyl sites for hydroxylation is 1. The summed E-state index contributed by atoms with van der Waals surface area (Å²) in [5.41, 5.74) is 5.42. The predicted octanol–water partition coefficient (Wildman–Crippen LogP) is 3.36. The maximum Gasteiger partial charge on any atom is 0.330 e. The molecule has 174 valence electrons. The molecule has 0 unspecified atom stereocenters. The third kappa shape index (κ3) is 5.74. The van der Waals surface area contributed by atoms with Crippen molar-refractivity contribution in [3.8, 4) is 0 Å². The molecule has 0 aliphatic heterocycles. The van der Waals surface area contributed by atoms with Crippen LogP contribution in [-0.4, -0.2) is 15.5 Å². The number of hydrogen-bond donors (Lipinski definition) is 2. The van der Waals surface area contributed by atoms with Crippen LogP contribution < -0.4 is 21.9 Å². The molecular weight excluding hydrogens is 430 g/mol. The maximum atomic E-state index is 14.0. The Labute approximate surface area is 189 Å². The number of aromatic amines is 1. The van der Waals surface area contributed by atoms with Crippen molar-refractivity contribution in [1.29, 1.82) is 0 Å². The number of nitrogens with two attached hydrogens (primary N) is 1. The van der Waals surface area contributed by atoms with Gasteiger partial charge in [-0.3, -0.25) is 19.1 Å². The number of benzene rings is 2. The van der Waals surface area contributed by atoms with Gasteiger partial charge in [-0.2, -0.15) is 0 Å². The predicted molar refractivity (Wildman–Crippen MR) is 123 cm³/mol. The highest BCUT2D eigenvalue weighted by Crippen LogP contribution is 2.22.